The van der Waals surface area contributed by atoms with Gasteiger partial charge < -0.3 is 23.8 Å². The third-order valence-corrected chi connectivity index (χ3v) is 14.7. The smallest absolute Gasteiger partial charge is 0.363 e. The molecule has 13 nitrogen and oxygen atoms in total. The number of ether oxygens (including phenoxy) is 3. The lowest BCUT2D eigenvalue weighted by Crippen LogP contribution is -2.58. The molecule has 4 atom stereocenters. The number of rotatable bonds is 15. The number of halogens is 1. The SMILES string of the molecule is COc1ccc(-c2cccc(C(O)NC3CCN(P(=O)(Cl)OCC4CN(C(c5ccccc5)(c5ccccc5)c5ccccc5)CC(n5cc(C)c(=O)[nH]c5=O)O4)CC3)c2)c(OC)c1. The number of piperidine rings is 1. The predicted molar refractivity (Wildman–Crippen MR) is 248 cm³/mol. The standard InChI is InChI=1S/C49H53ClN5O8P/c1-34-30-55(48(58)52-46(34)56)45-32-53(49(37-16-7-4-8-17-37,38-18-9-5-10-19-38)39-20-11-6-12-21-39)31-42(63-45)33-62-64(50,59)54-26-24-40(25-27-54)51-47(57)36-15-13-14-35(28-36)43-23-22-41(60-2)29-44(43)61-3/h4-23,28-30,40,42,45,47,51,57H,24-27,31-33H2,1-3H3,(H,52,56,58). The summed E-state index contributed by atoms with van der Waals surface area (Å²) in [6.45, 7) is -1.12. The molecule has 8 rings (SSSR count). The lowest BCUT2D eigenvalue weighted by atomic mass is 9.75. The van der Waals surface area contributed by atoms with Crippen LogP contribution in [0.5, 0.6) is 11.5 Å². The topological polar surface area (TPSA) is 148 Å². The predicted octanol–water partition coefficient (Wildman–Crippen LogP) is 7.83. The van der Waals surface area contributed by atoms with Gasteiger partial charge in [-0.25, -0.2) is 9.46 Å². The number of aromatic amines is 1. The average Bonchev–Trinajstić information content (AvgIpc) is 3.33. The molecule has 334 valence electrons. The number of aliphatic hydroxyl groups is 1. The summed E-state index contributed by atoms with van der Waals surface area (Å²) in [4.78, 5) is 30.7. The highest BCUT2D eigenvalue weighted by Crippen LogP contribution is 2.57. The fraction of sp³-hybridized carbons (Fsp3) is 0.306. The Kier molecular flexibility index (Phi) is 14.0. The minimum absolute atomic E-state index is 0.0840. The Labute approximate surface area is 377 Å². The maximum absolute atomic E-state index is 14.3. The van der Waals surface area contributed by atoms with Crippen LogP contribution in [-0.2, 0) is 19.4 Å². The highest BCUT2D eigenvalue weighted by molar-refractivity contribution is 7.83. The van der Waals surface area contributed by atoms with Gasteiger partial charge in [0.05, 0.1) is 32.5 Å². The Hall–Kier alpha value is -5.34. The molecule has 1 aromatic heterocycles. The number of nitrogens with one attached hydrogen (secondary N) is 2. The molecule has 0 radical (unpaired) electrons. The van der Waals surface area contributed by atoms with E-state index in [0.717, 1.165) is 27.8 Å². The Balaban J connectivity index is 1.00. The van der Waals surface area contributed by atoms with Crippen molar-refractivity contribution in [2.45, 2.75) is 49.9 Å². The van der Waals surface area contributed by atoms with Crippen LogP contribution in [-0.4, -0.2) is 83.4 Å². The van der Waals surface area contributed by atoms with Crippen molar-refractivity contribution < 1.29 is 28.4 Å². The first-order valence-electron chi connectivity index (χ1n) is 21.4. The number of aromatic nitrogens is 2. The number of methoxy groups -OCH3 is 2. The normalized spacial score (nSPS) is 19.1. The van der Waals surface area contributed by atoms with Crippen molar-refractivity contribution in [2.24, 2.45) is 0 Å². The maximum atomic E-state index is 14.3. The van der Waals surface area contributed by atoms with Crippen LogP contribution >= 0.6 is 18.1 Å². The van der Waals surface area contributed by atoms with Crippen LogP contribution in [0.1, 0.15) is 53.1 Å². The zero-order chi connectivity index (χ0) is 44.8. The van der Waals surface area contributed by atoms with Crippen LogP contribution < -0.4 is 26.0 Å². The fourth-order valence-electron chi connectivity index (χ4n) is 8.98. The monoisotopic (exact) mass is 905 g/mol. The van der Waals surface area contributed by atoms with Crippen molar-refractivity contribution in [3.8, 4) is 22.6 Å². The molecular weight excluding hydrogens is 853 g/mol. The Morgan fingerprint density at radius 2 is 1.47 bits per heavy atom. The summed E-state index contributed by atoms with van der Waals surface area (Å²) in [5, 5.41) is 14.7. The Morgan fingerprint density at radius 3 is 2.06 bits per heavy atom. The molecule has 2 saturated heterocycles. The molecule has 0 bridgehead atoms. The van der Waals surface area contributed by atoms with Crippen molar-refractivity contribution in [2.75, 3.05) is 47.0 Å². The first kappa shape index (κ1) is 45.2. The Morgan fingerprint density at radius 1 is 0.844 bits per heavy atom. The zero-order valence-corrected chi connectivity index (χ0v) is 37.7. The van der Waals surface area contributed by atoms with E-state index in [0.29, 0.717) is 55.1 Å². The molecule has 3 N–H and O–H groups in total. The van der Waals surface area contributed by atoms with Gasteiger partial charge in [-0.05, 0) is 77.0 Å². The second-order valence-corrected chi connectivity index (χ2v) is 19.1. The van der Waals surface area contributed by atoms with Gasteiger partial charge in [-0.1, -0.05) is 109 Å². The molecule has 2 fully saturated rings. The highest BCUT2D eigenvalue weighted by Gasteiger charge is 2.47. The summed E-state index contributed by atoms with van der Waals surface area (Å²) >= 11 is 6.84. The number of nitrogens with zero attached hydrogens (tertiary/aromatic N) is 3. The number of H-pyrrole nitrogens is 1. The molecule has 0 amide bonds. The third kappa shape index (κ3) is 9.54. The lowest BCUT2D eigenvalue weighted by molar-refractivity contribution is -0.148. The molecule has 2 aliphatic heterocycles. The molecular formula is C49H53ClN5O8P. The lowest BCUT2D eigenvalue weighted by Gasteiger charge is -2.50. The van der Waals surface area contributed by atoms with Crippen molar-refractivity contribution >= 4 is 18.1 Å². The number of morpholine rings is 1. The number of hydrogen-bond acceptors (Lipinski definition) is 10. The van der Waals surface area contributed by atoms with Crippen molar-refractivity contribution in [3.05, 3.63) is 188 Å². The molecule has 64 heavy (non-hydrogen) atoms. The first-order valence-corrected chi connectivity index (χ1v) is 23.8. The maximum Gasteiger partial charge on any atom is 0.363 e. The van der Waals surface area contributed by atoms with Crippen molar-refractivity contribution in [1.82, 2.24) is 24.4 Å². The quantitative estimate of drug-likeness (QED) is 0.0527. The molecule has 5 aromatic carbocycles. The summed E-state index contributed by atoms with van der Waals surface area (Å²) in [7, 11) is 3.22. The van der Waals surface area contributed by atoms with Gasteiger partial charge in [0.25, 0.3) is 5.56 Å². The van der Waals surface area contributed by atoms with Gasteiger partial charge in [-0.3, -0.25) is 29.1 Å². The van der Waals surface area contributed by atoms with E-state index >= 15 is 0 Å². The van der Waals surface area contributed by atoms with Crippen molar-refractivity contribution in [1.29, 1.82) is 0 Å². The van der Waals surface area contributed by atoms with Gasteiger partial charge in [0.15, 0.2) is 6.23 Å². The van der Waals surface area contributed by atoms with Gasteiger partial charge in [0.1, 0.15) is 17.7 Å². The van der Waals surface area contributed by atoms with Crippen LogP contribution in [0.2, 0.25) is 0 Å². The fourth-order valence-corrected chi connectivity index (χ4v) is 10.8. The summed E-state index contributed by atoms with van der Waals surface area (Å²) in [5.41, 5.74) is 3.82. The van der Waals surface area contributed by atoms with Crippen LogP contribution in [0.15, 0.2) is 149 Å². The van der Waals surface area contributed by atoms with Gasteiger partial charge >= 0.3 is 12.6 Å². The van der Waals surface area contributed by atoms with Gasteiger partial charge in [-0.2, -0.15) is 0 Å². The molecule has 3 heterocycles. The van der Waals surface area contributed by atoms with Crippen LogP contribution in [0, 0.1) is 6.92 Å². The van der Waals surface area contributed by atoms with E-state index in [4.69, 9.17) is 30.0 Å². The van der Waals surface area contributed by atoms with Crippen LogP contribution in [0.4, 0.5) is 0 Å². The number of hydrogen-bond donors (Lipinski definition) is 3. The van der Waals surface area contributed by atoms with E-state index in [-0.39, 0.29) is 19.2 Å². The molecule has 2 aliphatic rings. The van der Waals surface area contributed by atoms with E-state index in [9.17, 15) is 19.3 Å². The molecule has 15 heteroatoms. The second kappa shape index (κ2) is 19.8. The molecule has 0 spiro atoms. The molecule has 4 unspecified atom stereocenters. The van der Waals surface area contributed by atoms with E-state index in [2.05, 4.69) is 51.6 Å². The van der Waals surface area contributed by atoms with E-state index < -0.39 is 42.2 Å². The average molecular weight is 906 g/mol. The Bertz CT molecular complexity index is 2580. The number of aliphatic hydroxyl groups excluding tert-OH is 1. The number of benzene rings is 5. The second-order valence-electron chi connectivity index (χ2n) is 16.1. The van der Waals surface area contributed by atoms with E-state index in [1.54, 1.807) is 25.8 Å². The minimum atomic E-state index is -3.88. The first-order chi connectivity index (χ1) is 31.0. The molecule has 6 aromatic rings. The summed E-state index contributed by atoms with van der Waals surface area (Å²) in [6, 6.07) is 43.7. The van der Waals surface area contributed by atoms with Gasteiger partial charge in [0, 0.05) is 55.6 Å². The van der Waals surface area contributed by atoms with Crippen LogP contribution in [0.3, 0.4) is 0 Å². The summed E-state index contributed by atoms with van der Waals surface area (Å²) in [6.07, 6.45) is 0.0834. The molecule has 0 saturated carbocycles. The molecule has 0 aliphatic carbocycles. The minimum Gasteiger partial charge on any atom is -0.497 e. The third-order valence-electron chi connectivity index (χ3n) is 12.2. The summed E-state index contributed by atoms with van der Waals surface area (Å²) < 4.78 is 41.1. The van der Waals surface area contributed by atoms with E-state index in [1.807, 2.05) is 97.1 Å². The van der Waals surface area contributed by atoms with Gasteiger partial charge in [-0.15, -0.1) is 0 Å². The van der Waals surface area contributed by atoms with E-state index in [1.165, 1.54) is 10.8 Å². The number of aryl methyl sites for hydroxylation is 1. The largest absolute Gasteiger partial charge is 0.497 e. The van der Waals surface area contributed by atoms with Gasteiger partial charge in [0.2, 0.25) is 0 Å². The van der Waals surface area contributed by atoms with Crippen LogP contribution in [0.25, 0.3) is 11.1 Å². The summed E-state index contributed by atoms with van der Waals surface area (Å²) in [5.74, 6) is 1.34. The zero-order valence-electron chi connectivity index (χ0n) is 36.0. The highest BCUT2D eigenvalue weighted by atomic mass is 35.7. The van der Waals surface area contributed by atoms with Crippen molar-refractivity contribution in [3.63, 3.8) is 0 Å².